The summed E-state index contributed by atoms with van der Waals surface area (Å²) in [5.41, 5.74) is -0.113. The molecule has 0 saturated carbocycles. The van der Waals surface area contributed by atoms with Gasteiger partial charge in [-0.2, -0.15) is 0 Å². The molecule has 7 nitrogen and oxygen atoms in total. The molecular formula is C11H10ClN3O4S2. The van der Waals surface area contributed by atoms with Crippen molar-refractivity contribution in [1.82, 2.24) is 9.71 Å². The van der Waals surface area contributed by atoms with Crippen LogP contribution in [0.15, 0.2) is 28.6 Å². The second kappa shape index (κ2) is 6.06. The highest BCUT2D eigenvalue weighted by Crippen LogP contribution is 2.29. The zero-order valence-electron chi connectivity index (χ0n) is 10.7. The second-order valence-electron chi connectivity index (χ2n) is 4.06. The Morgan fingerprint density at radius 3 is 2.76 bits per heavy atom. The number of hydrogen-bond acceptors (Lipinski definition) is 6. The molecule has 0 saturated heterocycles. The minimum Gasteiger partial charge on any atom is -0.258 e. The van der Waals surface area contributed by atoms with Crippen LogP contribution in [0, 0.1) is 17.0 Å². The molecule has 0 atom stereocenters. The quantitative estimate of drug-likeness (QED) is 0.661. The number of rotatable bonds is 5. The van der Waals surface area contributed by atoms with Gasteiger partial charge in [-0.1, -0.05) is 11.6 Å². The van der Waals surface area contributed by atoms with Crippen molar-refractivity contribution in [2.24, 2.45) is 0 Å². The van der Waals surface area contributed by atoms with Gasteiger partial charge in [-0.25, -0.2) is 18.1 Å². The molecule has 0 aliphatic rings. The van der Waals surface area contributed by atoms with Crippen LogP contribution in [0.5, 0.6) is 0 Å². The first-order valence-corrected chi connectivity index (χ1v) is 8.38. The third-order valence-electron chi connectivity index (χ3n) is 2.69. The first-order valence-electron chi connectivity index (χ1n) is 5.64. The summed E-state index contributed by atoms with van der Waals surface area (Å²) in [6, 6.07) is 2.18. The Morgan fingerprint density at radius 1 is 1.48 bits per heavy atom. The Kier molecular flexibility index (Phi) is 4.57. The fourth-order valence-electron chi connectivity index (χ4n) is 1.57. The van der Waals surface area contributed by atoms with Crippen molar-refractivity contribution >= 4 is 38.6 Å². The summed E-state index contributed by atoms with van der Waals surface area (Å²) >= 11 is 7.16. The maximum absolute atomic E-state index is 12.2. The summed E-state index contributed by atoms with van der Waals surface area (Å²) < 4.78 is 26.6. The molecule has 0 fully saturated rings. The molecule has 0 aliphatic heterocycles. The van der Waals surface area contributed by atoms with Gasteiger partial charge in [0.2, 0.25) is 10.0 Å². The van der Waals surface area contributed by atoms with Crippen LogP contribution >= 0.6 is 22.9 Å². The zero-order chi connectivity index (χ0) is 15.6. The van der Waals surface area contributed by atoms with Crippen molar-refractivity contribution in [2.75, 3.05) is 0 Å². The number of thiazole rings is 1. The molecule has 0 bridgehead atoms. The summed E-state index contributed by atoms with van der Waals surface area (Å²) in [5.74, 6) is 0. The van der Waals surface area contributed by atoms with E-state index >= 15 is 0 Å². The molecule has 2 rings (SSSR count). The molecule has 0 unspecified atom stereocenters. The highest BCUT2D eigenvalue weighted by Gasteiger charge is 2.22. The van der Waals surface area contributed by atoms with Crippen LogP contribution in [0.25, 0.3) is 0 Å². The second-order valence-corrected chi connectivity index (χ2v) is 7.21. The third kappa shape index (κ3) is 3.56. The highest BCUT2D eigenvalue weighted by molar-refractivity contribution is 7.89. The van der Waals surface area contributed by atoms with Gasteiger partial charge in [-0.05, 0) is 13.0 Å². The predicted octanol–water partition coefficient (Wildman–Crippen LogP) is 2.49. The molecule has 2 aromatic rings. The van der Waals surface area contributed by atoms with E-state index < -0.39 is 14.9 Å². The average molecular weight is 348 g/mol. The monoisotopic (exact) mass is 347 g/mol. The van der Waals surface area contributed by atoms with Crippen LogP contribution < -0.4 is 4.72 Å². The summed E-state index contributed by atoms with van der Waals surface area (Å²) in [6.45, 7) is 1.47. The lowest BCUT2D eigenvalue weighted by Crippen LogP contribution is -2.23. The number of benzene rings is 1. The van der Waals surface area contributed by atoms with Crippen molar-refractivity contribution in [3.8, 4) is 0 Å². The molecule has 0 aliphatic carbocycles. The Labute approximate surface area is 129 Å². The molecule has 21 heavy (non-hydrogen) atoms. The highest BCUT2D eigenvalue weighted by atomic mass is 35.5. The lowest BCUT2D eigenvalue weighted by atomic mass is 10.2. The first kappa shape index (κ1) is 15.8. The van der Waals surface area contributed by atoms with E-state index in [1.54, 1.807) is 11.6 Å². The van der Waals surface area contributed by atoms with Gasteiger partial charge in [0.05, 0.1) is 21.4 Å². The van der Waals surface area contributed by atoms with E-state index in [0.717, 1.165) is 6.07 Å². The summed E-state index contributed by atoms with van der Waals surface area (Å²) in [5, 5.41) is 13.3. The Bertz CT molecular complexity index is 775. The molecule has 1 aromatic carbocycles. The number of halogens is 1. The number of nitro benzene ring substituents is 1. The van der Waals surface area contributed by atoms with Crippen molar-refractivity contribution < 1.29 is 13.3 Å². The Morgan fingerprint density at radius 2 is 2.19 bits per heavy atom. The van der Waals surface area contributed by atoms with Gasteiger partial charge in [-0.3, -0.25) is 10.1 Å². The minimum atomic E-state index is -3.90. The van der Waals surface area contributed by atoms with Gasteiger partial charge < -0.3 is 0 Å². The van der Waals surface area contributed by atoms with Crippen LogP contribution in [0.2, 0.25) is 5.02 Å². The number of nitrogens with zero attached hydrogens (tertiary/aromatic N) is 2. The zero-order valence-corrected chi connectivity index (χ0v) is 13.1. The van der Waals surface area contributed by atoms with Crippen molar-refractivity contribution in [1.29, 1.82) is 0 Å². The number of hydrogen-bond donors (Lipinski definition) is 1. The van der Waals surface area contributed by atoms with E-state index in [0.29, 0.717) is 5.01 Å². The molecule has 0 spiro atoms. The molecular weight excluding hydrogens is 338 g/mol. The van der Waals surface area contributed by atoms with E-state index in [9.17, 15) is 18.5 Å². The molecule has 1 aromatic heterocycles. The van der Waals surface area contributed by atoms with Crippen LogP contribution in [-0.2, 0) is 16.6 Å². The maximum atomic E-state index is 12.2. The smallest absolute Gasteiger partial charge is 0.258 e. The average Bonchev–Trinajstić information content (AvgIpc) is 2.92. The SMILES string of the molecule is Cc1c(Cl)cc(S(=O)(=O)NCc2nccs2)cc1[N+](=O)[O-]. The lowest BCUT2D eigenvalue weighted by Gasteiger charge is -2.07. The van der Waals surface area contributed by atoms with Crippen LogP contribution in [0.3, 0.4) is 0 Å². The number of sulfonamides is 1. The minimum absolute atomic E-state index is 0.0132. The lowest BCUT2D eigenvalue weighted by molar-refractivity contribution is -0.385. The Balaban J connectivity index is 2.33. The van der Waals surface area contributed by atoms with Crippen molar-refractivity contribution in [2.45, 2.75) is 18.4 Å². The number of nitrogens with one attached hydrogen (secondary N) is 1. The van der Waals surface area contributed by atoms with E-state index in [2.05, 4.69) is 9.71 Å². The fraction of sp³-hybridized carbons (Fsp3) is 0.182. The number of aromatic nitrogens is 1. The Hall–Kier alpha value is -1.55. The molecule has 1 heterocycles. The van der Waals surface area contributed by atoms with E-state index in [1.165, 1.54) is 24.3 Å². The van der Waals surface area contributed by atoms with Gasteiger partial charge in [-0.15, -0.1) is 11.3 Å². The first-order chi connectivity index (χ1) is 9.81. The van der Waals surface area contributed by atoms with Crippen LogP contribution in [-0.4, -0.2) is 18.3 Å². The molecule has 0 amide bonds. The van der Waals surface area contributed by atoms with Crippen LogP contribution in [0.1, 0.15) is 10.6 Å². The van der Waals surface area contributed by atoms with Crippen molar-refractivity contribution in [3.05, 3.63) is 49.4 Å². The van der Waals surface area contributed by atoms with Gasteiger partial charge in [0, 0.05) is 23.2 Å². The fourth-order valence-corrected chi connectivity index (χ4v) is 3.52. The largest absolute Gasteiger partial charge is 0.275 e. The normalized spacial score (nSPS) is 11.5. The molecule has 112 valence electrons. The predicted molar refractivity (Wildman–Crippen MR) is 79.0 cm³/mol. The van der Waals surface area contributed by atoms with Crippen LogP contribution in [0.4, 0.5) is 5.69 Å². The van der Waals surface area contributed by atoms with E-state index in [1.807, 2.05) is 0 Å². The molecule has 1 N–H and O–H groups in total. The summed E-state index contributed by atoms with van der Waals surface area (Å²) in [6.07, 6.45) is 1.56. The maximum Gasteiger partial charge on any atom is 0.275 e. The molecule has 0 radical (unpaired) electrons. The standard InChI is InChI=1S/C11H10ClN3O4S2/c1-7-9(12)4-8(5-10(7)15(16)17)21(18,19)14-6-11-13-2-3-20-11/h2-5,14H,6H2,1H3. The number of nitro groups is 1. The van der Waals surface area contributed by atoms with Gasteiger partial charge in [0.1, 0.15) is 5.01 Å². The van der Waals surface area contributed by atoms with Gasteiger partial charge in [0.15, 0.2) is 0 Å². The summed E-state index contributed by atoms with van der Waals surface area (Å²) in [7, 11) is -3.90. The van der Waals surface area contributed by atoms with E-state index in [4.69, 9.17) is 11.6 Å². The van der Waals surface area contributed by atoms with Gasteiger partial charge in [0.25, 0.3) is 5.69 Å². The third-order valence-corrected chi connectivity index (χ3v) is 5.25. The topological polar surface area (TPSA) is 102 Å². The summed E-state index contributed by atoms with van der Waals surface area (Å²) in [4.78, 5) is 14.0. The molecule has 10 heteroatoms. The van der Waals surface area contributed by atoms with Crippen molar-refractivity contribution in [3.63, 3.8) is 0 Å². The van der Waals surface area contributed by atoms with Gasteiger partial charge >= 0.3 is 0 Å². The van der Waals surface area contributed by atoms with E-state index in [-0.39, 0.29) is 27.7 Å².